The van der Waals surface area contributed by atoms with Crippen LogP contribution in [-0.4, -0.2) is 48.3 Å². The number of carbonyl (C=O) groups excluding carboxylic acids is 1. The monoisotopic (exact) mass is 446 g/mol. The number of nitro groups is 1. The van der Waals surface area contributed by atoms with E-state index in [4.69, 9.17) is 4.74 Å². The second-order valence-corrected chi connectivity index (χ2v) is 10.2. The lowest BCUT2D eigenvalue weighted by Gasteiger charge is -2.28. The maximum atomic E-state index is 13.0. The molecule has 1 aliphatic heterocycles. The summed E-state index contributed by atoms with van der Waals surface area (Å²) in [5.74, 6) is 0.221. The van der Waals surface area contributed by atoms with Gasteiger partial charge in [-0.2, -0.15) is 0 Å². The third-order valence-corrected chi connectivity index (χ3v) is 7.11. The highest BCUT2D eigenvalue weighted by atomic mass is 32.2. The summed E-state index contributed by atoms with van der Waals surface area (Å²) in [6.07, 6.45) is 0.384. The lowest BCUT2D eigenvalue weighted by Crippen LogP contribution is -2.43. The molecule has 1 amide bonds. The summed E-state index contributed by atoms with van der Waals surface area (Å²) in [6.45, 7) is 4.14. The van der Waals surface area contributed by atoms with E-state index >= 15 is 0 Å². The first kappa shape index (κ1) is 22.7. The highest BCUT2D eigenvalue weighted by Gasteiger charge is 2.34. The SMILES string of the molecule is CC(C)c1ccc(CN(C(=O)COc2cccc([N+](=O)[O-])c2)C2CCS(=O)(=O)C2)cc1. The molecule has 2 aromatic rings. The molecule has 0 saturated carbocycles. The average molecular weight is 447 g/mol. The number of nitro benzene ring substituents is 1. The molecular formula is C22H26N2O6S. The molecule has 1 unspecified atom stereocenters. The number of carbonyl (C=O) groups is 1. The van der Waals surface area contributed by atoms with Gasteiger partial charge in [-0.25, -0.2) is 8.42 Å². The van der Waals surface area contributed by atoms with Crippen molar-refractivity contribution < 1.29 is 22.9 Å². The standard InChI is InChI=1S/C22H26N2O6S/c1-16(2)18-8-6-17(7-9-18)13-23(20-10-11-31(28,29)15-20)22(25)14-30-21-5-3-4-19(12-21)24(26)27/h3-9,12,16,20H,10-11,13-15H2,1-2H3. The maximum absolute atomic E-state index is 13.0. The minimum atomic E-state index is -3.18. The lowest BCUT2D eigenvalue weighted by molar-refractivity contribution is -0.384. The maximum Gasteiger partial charge on any atom is 0.273 e. The first-order chi connectivity index (χ1) is 14.6. The number of amides is 1. The zero-order chi connectivity index (χ0) is 22.6. The number of hydrogen-bond acceptors (Lipinski definition) is 6. The van der Waals surface area contributed by atoms with Gasteiger partial charge in [0.2, 0.25) is 0 Å². The lowest BCUT2D eigenvalue weighted by atomic mass is 10.0. The van der Waals surface area contributed by atoms with Gasteiger partial charge in [0.15, 0.2) is 16.4 Å². The second-order valence-electron chi connectivity index (χ2n) is 8.02. The number of sulfone groups is 1. The second kappa shape index (κ2) is 9.47. The number of non-ortho nitro benzene ring substituents is 1. The molecule has 0 radical (unpaired) electrons. The van der Waals surface area contributed by atoms with Gasteiger partial charge in [0.1, 0.15) is 5.75 Å². The van der Waals surface area contributed by atoms with Crippen molar-refractivity contribution in [2.24, 2.45) is 0 Å². The van der Waals surface area contributed by atoms with E-state index in [0.717, 1.165) is 5.56 Å². The average Bonchev–Trinajstić information content (AvgIpc) is 3.10. The molecule has 166 valence electrons. The molecule has 0 N–H and O–H groups in total. The van der Waals surface area contributed by atoms with Crippen LogP contribution in [0.3, 0.4) is 0 Å². The quantitative estimate of drug-likeness (QED) is 0.455. The Morgan fingerprint density at radius 3 is 2.52 bits per heavy atom. The Morgan fingerprint density at radius 2 is 1.94 bits per heavy atom. The highest BCUT2D eigenvalue weighted by Crippen LogP contribution is 2.23. The van der Waals surface area contributed by atoms with Gasteiger partial charge in [0.25, 0.3) is 11.6 Å². The summed E-state index contributed by atoms with van der Waals surface area (Å²) in [6, 6.07) is 13.1. The molecule has 8 nitrogen and oxygen atoms in total. The number of rotatable bonds is 8. The van der Waals surface area contributed by atoms with Gasteiger partial charge in [-0.3, -0.25) is 14.9 Å². The molecule has 2 aromatic carbocycles. The Bertz CT molecular complexity index is 1050. The van der Waals surface area contributed by atoms with Crippen LogP contribution in [0.2, 0.25) is 0 Å². The molecule has 1 aliphatic rings. The first-order valence-electron chi connectivity index (χ1n) is 10.1. The minimum absolute atomic E-state index is 0.0550. The van der Waals surface area contributed by atoms with Crippen LogP contribution in [0.4, 0.5) is 5.69 Å². The van der Waals surface area contributed by atoms with Crippen LogP contribution in [0.15, 0.2) is 48.5 Å². The van der Waals surface area contributed by atoms with Gasteiger partial charge in [0, 0.05) is 18.7 Å². The molecular weight excluding hydrogens is 420 g/mol. The number of ether oxygens (including phenoxy) is 1. The van der Waals surface area contributed by atoms with E-state index in [1.54, 1.807) is 4.90 Å². The Labute approximate surface area is 181 Å². The summed E-state index contributed by atoms with van der Waals surface area (Å²) in [4.78, 5) is 24.9. The van der Waals surface area contributed by atoms with Crippen molar-refractivity contribution in [3.05, 3.63) is 69.8 Å². The number of hydrogen-bond donors (Lipinski definition) is 0. The largest absolute Gasteiger partial charge is 0.484 e. The first-order valence-corrected chi connectivity index (χ1v) is 11.9. The van der Waals surface area contributed by atoms with Crippen LogP contribution >= 0.6 is 0 Å². The molecule has 1 fully saturated rings. The normalized spacial score (nSPS) is 17.5. The summed E-state index contributed by atoms with van der Waals surface area (Å²) in [5.41, 5.74) is 1.95. The molecule has 3 rings (SSSR count). The van der Waals surface area contributed by atoms with Crippen LogP contribution in [0.5, 0.6) is 5.75 Å². The summed E-state index contributed by atoms with van der Waals surface area (Å²) < 4.78 is 29.5. The molecule has 0 aliphatic carbocycles. The zero-order valence-electron chi connectivity index (χ0n) is 17.6. The van der Waals surface area contributed by atoms with Crippen molar-refractivity contribution in [3.63, 3.8) is 0 Å². The van der Waals surface area contributed by atoms with Crippen LogP contribution < -0.4 is 4.74 Å². The fraction of sp³-hybridized carbons (Fsp3) is 0.409. The van der Waals surface area contributed by atoms with Gasteiger partial charge in [-0.1, -0.05) is 44.2 Å². The third-order valence-electron chi connectivity index (χ3n) is 5.36. The molecule has 0 bridgehead atoms. The van der Waals surface area contributed by atoms with Crippen LogP contribution in [-0.2, 0) is 21.2 Å². The van der Waals surface area contributed by atoms with Crippen LogP contribution in [0, 0.1) is 10.1 Å². The van der Waals surface area contributed by atoms with Crippen molar-refractivity contribution in [2.75, 3.05) is 18.1 Å². The van der Waals surface area contributed by atoms with Gasteiger partial charge < -0.3 is 9.64 Å². The zero-order valence-corrected chi connectivity index (χ0v) is 18.4. The van der Waals surface area contributed by atoms with Gasteiger partial charge in [-0.15, -0.1) is 0 Å². The summed E-state index contributed by atoms with van der Waals surface area (Å²) in [5, 5.41) is 10.9. The van der Waals surface area contributed by atoms with E-state index in [1.165, 1.54) is 29.8 Å². The van der Waals surface area contributed by atoms with Crippen molar-refractivity contribution in [1.82, 2.24) is 4.90 Å². The summed E-state index contributed by atoms with van der Waals surface area (Å²) in [7, 11) is -3.18. The van der Waals surface area contributed by atoms with Crippen LogP contribution in [0.1, 0.15) is 37.3 Å². The smallest absolute Gasteiger partial charge is 0.273 e. The third kappa shape index (κ3) is 6.04. The Hall–Kier alpha value is -2.94. The van der Waals surface area contributed by atoms with E-state index in [0.29, 0.717) is 12.3 Å². The summed E-state index contributed by atoms with van der Waals surface area (Å²) >= 11 is 0. The van der Waals surface area contributed by atoms with Crippen molar-refractivity contribution in [2.45, 2.75) is 38.8 Å². The Morgan fingerprint density at radius 1 is 1.23 bits per heavy atom. The molecule has 9 heteroatoms. The predicted molar refractivity (Wildman–Crippen MR) is 117 cm³/mol. The van der Waals surface area contributed by atoms with Crippen molar-refractivity contribution >= 4 is 21.4 Å². The number of nitrogens with zero attached hydrogens (tertiary/aromatic N) is 2. The van der Waals surface area contributed by atoms with E-state index in [9.17, 15) is 23.3 Å². The van der Waals surface area contributed by atoms with Gasteiger partial charge in [-0.05, 0) is 29.5 Å². The molecule has 0 aromatic heterocycles. The van der Waals surface area contributed by atoms with E-state index in [-0.39, 0.29) is 42.0 Å². The van der Waals surface area contributed by atoms with E-state index in [1.807, 2.05) is 24.3 Å². The number of benzene rings is 2. The highest BCUT2D eigenvalue weighted by molar-refractivity contribution is 7.91. The Kier molecular flexibility index (Phi) is 6.94. The molecule has 31 heavy (non-hydrogen) atoms. The van der Waals surface area contributed by atoms with Crippen molar-refractivity contribution in [3.8, 4) is 5.75 Å². The molecule has 1 saturated heterocycles. The molecule has 1 heterocycles. The van der Waals surface area contributed by atoms with Crippen LogP contribution in [0.25, 0.3) is 0 Å². The Balaban J connectivity index is 1.74. The fourth-order valence-corrected chi connectivity index (χ4v) is 5.29. The predicted octanol–water partition coefficient (Wildman–Crippen LogP) is 3.31. The van der Waals surface area contributed by atoms with Crippen molar-refractivity contribution in [1.29, 1.82) is 0 Å². The van der Waals surface area contributed by atoms with E-state index < -0.39 is 20.8 Å². The minimum Gasteiger partial charge on any atom is -0.484 e. The fourth-order valence-electron chi connectivity index (χ4n) is 3.56. The topological polar surface area (TPSA) is 107 Å². The van der Waals surface area contributed by atoms with E-state index in [2.05, 4.69) is 13.8 Å². The molecule has 1 atom stereocenters. The van der Waals surface area contributed by atoms with Gasteiger partial charge >= 0.3 is 0 Å². The van der Waals surface area contributed by atoms with Gasteiger partial charge in [0.05, 0.1) is 22.5 Å². The molecule has 0 spiro atoms.